The molecule has 1 saturated heterocycles. The highest BCUT2D eigenvalue weighted by molar-refractivity contribution is 14.0. The summed E-state index contributed by atoms with van der Waals surface area (Å²) in [5.41, 5.74) is 1.42. The Bertz CT molecular complexity index is 522. The van der Waals surface area contributed by atoms with Crippen molar-refractivity contribution in [2.24, 2.45) is 10.9 Å². The molecule has 0 unspecified atom stereocenters. The molecule has 148 valence electrons. The average molecular weight is 472 g/mol. The minimum atomic E-state index is 0. The summed E-state index contributed by atoms with van der Waals surface area (Å²) in [5.74, 6) is 1.77. The Morgan fingerprint density at radius 1 is 1.15 bits per heavy atom. The maximum absolute atomic E-state index is 4.38. The third kappa shape index (κ3) is 7.43. The van der Waals surface area contributed by atoms with Crippen molar-refractivity contribution in [3.8, 4) is 0 Å². The van der Waals surface area contributed by atoms with E-state index in [0.717, 1.165) is 25.0 Å². The Balaban J connectivity index is 0.00000338. The molecule has 1 aromatic carbocycles. The highest BCUT2D eigenvalue weighted by Crippen LogP contribution is 2.22. The van der Waals surface area contributed by atoms with Crippen molar-refractivity contribution in [2.75, 3.05) is 39.8 Å². The van der Waals surface area contributed by atoms with Crippen molar-refractivity contribution >= 4 is 29.9 Å². The summed E-state index contributed by atoms with van der Waals surface area (Å²) in [6.07, 6.45) is 3.91. The summed E-state index contributed by atoms with van der Waals surface area (Å²) in [4.78, 5) is 6.93. The van der Waals surface area contributed by atoms with Gasteiger partial charge in [-0.2, -0.15) is 0 Å². The SMILES string of the molecule is CCN1CCC(CCNC(=NC)NCC(C)(C)c2ccccc2)CC1.I. The van der Waals surface area contributed by atoms with Gasteiger partial charge in [-0.25, -0.2) is 0 Å². The van der Waals surface area contributed by atoms with Crippen LogP contribution in [0.15, 0.2) is 35.3 Å². The van der Waals surface area contributed by atoms with E-state index in [1.54, 1.807) is 0 Å². The van der Waals surface area contributed by atoms with Gasteiger partial charge in [0, 0.05) is 25.6 Å². The van der Waals surface area contributed by atoms with Gasteiger partial charge in [-0.3, -0.25) is 4.99 Å². The second kappa shape index (κ2) is 11.8. The lowest BCUT2D eigenvalue weighted by Crippen LogP contribution is -2.44. The zero-order valence-corrected chi connectivity index (χ0v) is 19.3. The number of aliphatic imine (C=N–C) groups is 1. The molecule has 2 rings (SSSR count). The Labute approximate surface area is 177 Å². The molecule has 1 heterocycles. The quantitative estimate of drug-likeness (QED) is 0.360. The van der Waals surface area contributed by atoms with Crippen molar-refractivity contribution in [1.82, 2.24) is 15.5 Å². The van der Waals surface area contributed by atoms with Gasteiger partial charge in [-0.1, -0.05) is 51.1 Å². The molecule has 0 aliphatic carbocycles. The van der Waals surface area contributed by atoms with Crippen LogP contribution in [0.3, 0.4) is 0 Å². The first-order chi connectivity index (χ1) is 12.0. The molecule has 0 saturated carbocycles. The van der Waals surface area contributed by atoms with Crippen molar-refractivity contribution < 1.29 is 0 Å². The summed E-state index contributed by atoms with van der Waals surface area (Å²) in [7, 11) is 1.85. The van der Waals surface area contributed by atoms with E-state index < -0.39 is 0 Å². The predicted octanol–water partition coefficient (Wildman–Crippen LogP) is 3.87. The third-order valence-electron chi connectivity index (χ3n) is 5.48. The molecule has 26 heavy (non-hydrogen) atoms. The van der Waals surface area contributed by atoms with Crippen LogP contribution in [0.25, 0.3) is 0 Å². The van der Waals surface area contributed by atoms with Crippen LogP contribution in [0.2, 0.25) is 0 Å². The first kappa shape index (κ1) is 23.2. The lowest BCUT2D eigenvalue weighted by atomic mass is 9.85. The van der Waals surface area contributed by atoms with Crippen LogP contribution in [0.4, 0.5) is 0 Å². The summed E-state index contributed by atoms with van der Waals surface area (Å²) < 4.78 is 0. The zero-order valence-electron chi connectivity index (χ0n) is 16.9. The number of benzene rings is 1. The third-order valence-corrected chi connectivity index (χ3v) is 5.48. The van der Waals surface area contributed by atoms with E-state index in [0.29, 0.717) is 0 Å². The monoisotopic (exact) mass is 472 g/mol. The molecule has 0 atom stereocenters. The number of nitrogens with zero attached hydrogens (tertiary/aromatic N) is 2. The number of halogens is 1. The maximum atomic E-state index is 4.38. The molecule has 1 aromatic rings. The molecule has 0 aromatic heterocycles. The van der Waals surface area contributed by atoms with E-state index in [9.17, 15) is 0 Å². The summed E-state index contributed by atoms with van der Waals surface area (Å²) >= 11 is 0. The van der Waals surface area contributed by atoms with Crippen LogP contribution < -0.4 is 10.6 Å². The van der Waals surface area contributed by atoms with Crippen LogP contribution in [0.1, 0.15) is 45.6 Å². The van der Waals surface area contributed by atoms with Gasteiger partial charge < -0.3 is 15.5 Å². The van der Waals surface area contributed by atoms with Crippen LogP contribution in [-0.4, -0.2) is 50.6 Å². The molecule has 5 heteroatoms. The molecule has 0 amide bonds. The van der Waals surface area contributed by atoms with E-state index in [1.165, 1.54) is 44.5 Å². The van der Waals surface area contributed by atoms with Gasteiger partial charge in [0.1, 0.15) is 0 Å². The van der Waals surface area contributed by atoms with Gasteiger partial charge in [-0.05, 0) is 50.4 Å². The number of guanidine groups is 1. The van der Waals surface area contributed by atoms with E-state index in [-0.39, 0.29) is 29.4 Å². The first-order valence-corrected chi connectivity index (χ1v) is 9.77. The fourth-order valence-corrected chi connectivity index (χ4v) is 3.50. The normalized spacial score (nSPS) is 16.8. The molecule has 1 fully saturated rings. The van der Waals surface area contributed by atoms with Gasteiger partial charge in [0.2, 0.25) is 0 Å². The van der Waals surface area contributed by atoms with Crippen LogP contribution in [-0.2, 0) is 5.41 Å². The Hall–Kier alpha value is -0.820. The maximum Gasteiger partial charge on any atom is 0.191 e. The second-order valence-corrected chi connectivity index (χ2v) is 7.77. The molecule has 0 spiro atoms. The first-order valence-electron chi connectivity index (χ1n) is 9.77. The van der Waals surface area contributed by atoms with Crippen LogP contribution in [0, 0.1) is 5.92 Å². The molecule has 2 N–H and O–H groups in total. The van der Waals surface area contributed by atoms with E-state index in [1.807, 2.05) is 7.05 Å². The van der Waals surface area contributed by atoms with Gasteiger partial charge in [0.05, 0.1) is 0 Å². The standard InChI is InChI=1S/C21H36N4.HI/c1-5-25-15-12-18(13-16-25)11-14-23-20(22-4)24-17-21(2,3)19-9-7-6-8-10-19;/h6-10,18H,5,11-17H2,1-4H3,(H2,22,23,24);1H. The number of likely N-dealkylation sites (tertiary alicyclic amines) is 1. The molecule has 0 bridgehead atoms. The fraction of sp³-hybridized carbons (Fsp3) is 0.667. The number of hydrogen-bond donors (Lipinski definition) is 2. The zero-order chi connectivity index (χ0) is 18.1. The summed E-state index contributed by atoms with van der Waals surface area (Å²) in [6.45, 7) is 12.4. The number of nitrogens with one attached hydrogen (secondary N) is 2. The topological polar surface area (TPSA) is 39.7 Å². The van der Waals surface area contributed by atoms with E-state index >= 15 is 0 Å². The molecule has 4 nitrogen and oxygen atoms in total. The smallest absolute Gasteiger partial charge is 0.191 e. The summed E-state index contributed by atoms with van der Waals surface area (Å²) in [6, 6.07) is 10.7. The van der Waals surface area contributed by atoms with E-state index in [4.69, 9.17) is 0 Å². The van der Waals surface area contributed by atoms with E-state index in [2.05, 4.69) is 71.6 Å². The fourth-order valence-electron chi connectivity index (χ4n) is 3.50. The van der Waals surface area contributed by atoms with Crippen LogP contribution >= 0.6 is 24.0 Å². The van der Waals surface area contributed by atoms with Crippen molar-refractivity contribution in [2.45, 2.75) is 45.4 Å². The Morgan fingerprint density at radius 3 is 2.38 bits per heavy atom. The molecule has 1 aliphatic rings. The lowest BCUT2D eigenvalue weighted by molar-refractivity contribution is 0.187. The minimum Gasteiger partial charge on any atom is -0.356 e. The number of hydrogen-bond acceptors (Lipinski definition) is 2. The summed E-state index contributed by atoms with van der Waals surface area (Å²) in [5, 5.41) is 6.98. The van der Waals surface area contributed by atoms with Gasteiger partial charge in [0.25, 0.3) is 0 Å². The number of piperidine rings is 1. The van der Waals surface area contributed by atoms with Gasteiger partial charge >= 0.3 is 0 Å². The van der Waals surface area contributed by atoms with Crippen molar-refractivity contribution in [3.63, 3.8) is 0 Å². The highest BCUT2D eigenvalue weighted by Gasteiger charge is 2.21. The van der Waals surface area contributed by atoms with Crippen molar-refractivity contribution in [3.05, 3.63) is 35.9 Å². The molecular weight excluding hydrogens is 435 g/mol. The highest BCUT2D eigenvalue weighted by atomic mass is 127. The lowest BCUT2D eigenvalue weighted by Gasteiger charge is -2.31. The second-order valence-electron chi connectivity index (χ2n) is 7.77. The average Bonchev–Trinajstić information content (AvgIpc) is 2.65. The molecule has 1 aliphatic heterocycles. The van der Waals surface area contributed by atoms with Gasteiger partial charge in [-0.15, -0.1) is 24.0 Å². The molecule has 0 radical (unpaired) electrons. The molecular formula is C21H37IN4. The van der Waals surface area contributed by atoms with Gasteiger partial charge in [0.15, 0.2) is 5.96 Å². The predicted molar refractivity (Wildman–Crippen MR) is 124 cm³/mol. The Kier molecular flexibility index (Phi) is 10.5. The number of rotatable bonds is 7. The van der Waals surface area contributed by atoms with Crippen LogP contribution in [0.5, 0.6) is 0 Å². The largest absolute Gasteiger partial charge is 0.356 e. The Morgan fingerprint density at radius 2 is 1.81 bits per heavy atom. The van der Waals surface area contributed by atoms with Crippen molar-refractivity contribution in [1.29, 1.82) is 0 Å². The minimum absolute atomic E-state index is 0.